The summed E-state index contributed by atoms with van der Waals surface area (Å²) in [6, 6.07) is 8.58. The zero-order chi connectivity index (χ0) is 14.9. The minimum atomic E-state index is 0.181. The smallest absolute Gasteiger partial charge is 0.315 e. The van der Waals surface area contributed by atoms with Gasteiger partial charge in [0.15, 0.2) is 0 Å². The van der Waals surface area contributed by atoms with Gasteiger partial charge in [-0.05, 0) is 44.6 Å². The largest absolute Gasteiger partial charge is 0.407 e. The van der Waals surface area contributed by atoms with Gasteiger partial charge in [0.1, 0.15) is 0 Å². The second-order valence-corrected chi connectivity index (χ2v) is 6.32. The molecule has 0 aliphatic heterocycles. The second-order valence-electron chi connectivity index (χ2n) is 5.88. The van der Waals surface area contributed by atoms with Crippen molar-refractivity contribution in [3.63, 3.8) is 0 Å². The van der Waals surface area contributed by atoms with Gasteiger partial charge in [-0.3, -0.25) is 0 Å². The summed E-state index contributed by atoms with van der Waals surface area (Å²) in [5.41, 5.74) is 1.49. The van der Waals surface area contributed by atoms with Gasteiger partial charge in [-0.1, -0.05) is 28.8 Å². The van der Waals surface area contributed by atoms with Crippen molar-refractivity contribution in [2.45, 2.75) is 24.8 Å². The monoisotopic (exact) mass is 306 g/mol. The number of aromatic nitrogens is 2. The van der Waals surface area contributed by atoms with Gasteiger partial charge < -0.3 is 14.6 Å². The van der Waals surface area contributed by atoms with E-state index in [0.29, 0.717) is 18.5 Å². The highest BCUT2D eigenvalue weighted by atomic mass is 35.5. The summed E-state index contributed by atoms with van der Waals surface area (Å²) in [6.07, 6.45) is 2.33. The molecule has 1 aromatic carbocycles. The van der Waals surface area contributed by atoms with Gasteiger partial charge in [-0.15, -0.1) is 5.10 Å². The lowest BCUT2D eigenvalue weighted by atomic mass is 9.96. The molecule has 1 aliphatic carbocycles. The Hall–Kier alpha value is -1.59. The van der Waals surface area contributed by atoms with E-state index in [0.717, 1.165) is 11.6 Å². The quantitative estimate of drug-likeness (QED) is 0.889. The molecular formula is C15H19ClN4O. The Morgan fingerprint density at radius 3 is 2.57 bits per heavy atom. The van der Waals surface area contributed by atoms with Crippen molar-refractivity contribution in [3.8, 4) is 0 Å². The van der Waals surface area contributed by atoms with Crippen LogP contribution in [-0.2, 0) is 12.0 Å². The number of anilines is 1. The fourth-order valence-corrected chi connectivity index (χ4v) is 2.55. The van der Waals surface area contributed by atoms with Crippen LogP contribution in [0.5, 0.6) is 0 Å². The number of nitrogens with one attached hydrogen (secondary N) is 1. The molecular weight excluding hydrogens is 288 g/mol. The average molecular weight is 307 g/mol. The number of rotatable bonds is 6. The first kappa shape index (κ1) is 14.4. The van der Waals surface area contributed by atoms with Gasteiger partial charge in [-0.25, -0.2) is 0 Å². The van der Waals surface area contributed by atoms with Gasteiger partial charge in [0.2, 0.25) is 5.89 Å². The number of hydrogen-bond acceptors (Lipinski definition) is 5. The molecule has 6 heteroatoms. The summed E-state index contributed by atoms with van der Waals surface area (Å²) in [6.45, 7) is 1.45. The number of benzene rings is 1. The molecule has 0 amide bonds. The van der Waals surface area contributed by atoms with Gasteiger partial charge in [0.25, 0.3) is 0 Å². The van der Waals surface area contributed by atoms with E-state index in [1.54, 1.807) is 0 Å². The van der Waals surface area contributed by atoms with Crippen LogP contribution in [0.15, 0.2) is 28.7 Å². The summed E-state index contributed by atoms with van der Waals surface area (Å²) in [4.78, 5) is 1.99. The standard InChI is InChI=1S/C15H19ClN4O/c1-20(2)9-13-18-19-14(21-13)17-10-15(7-8-15)11-3-5-12(16)6-4-11/h3-6H,7-10H2,1-2H3,(H,17,19). The molecule has 0 atom stereocenters. The molecule has 1 saturated carbocycles. The topological polar surface area (TPSA) is 54.2 Å². The van der Waals surface area contributed by atoms with Crippen LogP contribution in [0.25, 0.3) is 0 Å². The lowest BCUT2D eigenvalue weighted by Crippen LogP contribution is -2.19. The van der Waals surface area contributed by atoms with Crippen LogP contribution >= 0.6 is 11.6 Å². The second kappa shape index (κ2) is 5.66. The molecule has 3 rings (SSSR count). The van der Waals surface area contributed by atoms with E-state index in [4.69, 9.17) is 16.0 Å². The molecule has 0 saturated heterocycles. The Morgan fingerprint density at radius 1 is 1.24 bits per heavy atom. The van der Waals surface area contributed by atoms with E-state index in [1.807, 2.05) is 31.1 Å². The highest BCUT2D eigenvalue weighted by molar-refractivity contribution is 6.30. The minimum Gasteiger partial charge on any atom is -0.407 e. The Morgan fingerprint density at radius 2 is 1.95 bits per heavy atom. The average Bonchev–Trinajstić information content (AvgIpc) is 3.11. The van der Waals surface area contributed by atoms with Gasteiger partial charge in [0.05, 0.1) is 6.54 Å². The van der Waals surface area contributed by atoms with E-state index in [2.05, 4.69) is 27.6 Å². The fraction of sp³-hybridized carbons (Fsp3) is 0.467. The highest BCUT2D eigenvalue weighted by Gasteiger charge is 2.44. The summed E-state index contributed by atoms with van der Waals surface area (Å²) in [7, 11) is 3.94. The third-order valence-electron chi connectivity index (χ3n) is 3.81. The predicted octanol–water partition coefficient (Wildman–Crippen LogP) is 2.93. The third-order valence-corrected chi connectivity index (χ3v) is 4.06. The van der Waals surface area contributed by atoms with Crippen molar-refractivity contribution in [1.29, 1.82) is 0 Å². The first-order valence-corrected chi connectivity index (χ1v) is 7.42. The van der Waals surface area contributed by atoms with Crippen molar-refractivity contribution in [1.82, 2.24) is 15.1 Å². The zero-order valence-corrected chi connectivity index (χ0v) is 13.0. The number of hydrogen-bond donors (Lipinski definition) is 1. The van der Waals surface area contributed by atoms with Crippen LogP contribution in [0.2, 0.25) is 5.02 Å². The molecule has 1 heterocycles. The van der Waals surface area contributed by atoms with Crippen LogP contribution in [0, 0.1) is 0 Å². The molecule has 1 N–H and O–H groups in total. The molecule has 1 fully saturated rings. The molecule has 0 spiro atoms. The van der Waals surface area contributed by atoms with E-state index < -0.39 is 0 Å². The number of halogens is 1. The fourth-order valence-electron chi connectivity index (χ4n) is 2.43. The van der Waals surface area contributed by atoms with E-state index in [-0.39, 0.29) is 5.41 Å². The molecule has 0 unspecified atom stereocenters. The number of nitrogens with zero attached hydrogens (tertiary/aromatic N) is 3. The Bertz CT molecular complexity index is 604. The molecule has 1 aliphatic rings. The van der Waals surface area contributed by atoms with Crippen molar-refractivity contribution in [3.05, 3.63) is 40.7 Å². The molecule has 2 aromatic rings. The lowest BCUT2D eigenvalue weighted by molar-refractivity contribution is 0.344. The summed E-state index contributed by atoms with van der Waals surface area (Å²) >= 11 is 5.95. The summed E-state index contributed by atoms with van der Waals surface area (Å²) < 4.78 is 5.58. The highest BCUT2D eigenvalue weighted by Crippen LogP contribution is 2.48. The van der Waals surface area contributed by atoms with Crippen molar-refractivity contribution in [2.24, 2.45) is 0 Å². The molecule has 5 nitrogen and oxygen atoms in total. The maximum atomic E-state index is 5.95. The zero-order valence-electron chi connectivity index (χ0n) is 12.3. The predicted molar refractivity (Wildman–Crippen MR) is 82.5 cm³/mol. The van der Waals surface area contributed by atoms with Crippen molar-refractivity contribution >= 4 is 17.6 Å². The summed E-state index contributed by atoms with van der Waals surface area (Å²) in [5, 5.41) is 12.1. The molecule has 21 heavy (non-hydrogen) atoms. The normalized spacial score (nSPS) is 16.2. The minimum absolute atomic E-state index is 0.181. The molecule has 1 aromatic heterocycles. The first-order chi connectivity index (χ1) is 10.1. The van der Waals surface area contributed by atoms with Crippen LogP contribution in [0.1, 0.15) is 24.3 Å². The third kappa shape index (κ3) is 3.36. The van der Waals surface area contributed by atoms with Crippen LogP contribution in [-0.4, -0.2) is 35.7 Å². The van der Waals surface area contributed by atoms with Crippen molar-refractivity contribution < 1.29 is 4.42 Å². The maximum absolute atomic E-state index is 5.95. The SMILES string of the molecule is CN(C)Cc1nnc(NCC2(c3ccc(Cl)cc3)CC2)o1. The van der Waals surface area contributed by atoms with Crippen LogP contribution in [0.4, 0.5) is 6.01 Å². The first-order valence-electron chi connectivity index (χ1n) is 7.04. The van der Waals surface area contributed by atoms with Crippen LogP contribution in [0.3, 0.4) is 0 Å². The van der Waals surface area contributed by atoms with Crippen LogP contribution < -0.4 is 5.32 Å². The van der Waals surface area contributed by atoms with Crippen molar-refractivity contribution in [2.75, 3.05) is 26.0 Å². The maximum Gasteiger partial charge on any atom is 0.315 e. The van der Waals surface area contributed by atoms with E-state index in [1.165, 1.54) is 18.4 Å². The molecule has 112 valence electrons. The van der Waals surface area contributed by atoms with Gasteiger partial charge >= 0.3 is 6.01 Å². The molecule has 0 radical (unpaired) electrons. The van der Waals surface area contributed by atoms with E-state index >= 15 is 0 Å². The molecule has 0 bridgehead atoms. The Kier molecular flexibility index (Phi) is 3.87. The Labute approximate surface area is 129 Å². The Balaban J connectivity index is 1.62. The summed E-state index contributed by atoms with van der Waals surface area (Å²) in [5.74, 6) is 0.624. The lowest BCUT2D eigenvalue weighted by Gasteiger charge is -2.15. The van der Waals surface area contributed by atoms with Gasteiger partial charge in [0, 0.05) is 17.0 Å². The van der Waals surface area contributed by atoms with Gasteiger partial charge in [-0.2, -0.15) is 0 Å². The van der Waals surface area contributed by atoms with E-state index in [9.17, 15) is 0 Å².